The first kappa shape index (κ1) is 17.3. The monoisotopic (exact) mass is 352 g/mol. The summed E-state index contributed by atoms with van der Waals surface area (Å²) in [5, 5.41) is 0. The van der Waals surface area contributed by atoms with E-state index in [9.17, 15) is 4.79 Å². The summed E-state index contributed by atoms with van der Waals surface area (Å²) in [7, 11) is 0. The molecular formula is C21H28N4O. The minimum Gasteiger partial charge on any atom is -0.339 e. The number of nitrogens with zero attached hydrogens (tertiary/aromatic N) is 4. The zero-order chi connectivity index (χ0) is 18.1. The number of pyridine rings is 1. The number of hydrogen-bond acceptors (Lipinski definition) is 3. The van der Waals surface area contributed by atoms with Gasteiger partial charge in [-0.3, -0.25) is 9.78 Å². The maximum atomic E-state index is 12.6. The molecule has 26 heavy (non-hydrogen) atoms. The van der Waals surface area contributed by atoms with Gasteiger partial charge in [0, 0.05) is 49.3 Å². The molecule has 2 aliphatic rings. The lowest BCUT2D eigenvalue weighted by molar-refractivity contribution is 0.0684. The van der Waals surface area contributed by atoms with Crippen LogP contribution >= 0.6 is 0 Å². The normalized spacial score (nSPS) is 18.3. The van der Waals surface area contributed by atoms with Crippen molar-refractivity contribution < 1.29 is 4.79 Å². The fourth-order valence-corrected chi connectivity index (χ4v) is 3.95. The van der Waals surface area contributed by atoms with Crippen LogP contribution in [0.4, 0.5) is 0 Å². The zero-order valence-electron chi connectivity index (χ0n) is 15.8. The maximum absolute atomic E-state index is 12.6. The van der Waals surface area contributed by atoms with E-state index in [2.05, 4.69) is 21.5 Å². The molecule has 0 unspecified atom stereocenters. The molecule has 1 saturated carbocycles. The van der Waals surface area contributed by atoms with Gasteiger partial charge in [-0.2, -0.15) is 0 Å². The topological polar surface area (TPSA) is 51.0 Å². The van der Waals surface area contributed by atoms with Crippen LogP contribution in [0.1, 0.15) is 65.6 Å². The third-order valence-electron chi connectivity index (χ3n) is 5.85. The van der Waals surface area contributed by atoms with Crippen LogP contribution in [0.3, 0.4) is 0 Å². The Morgan fingerprint density at radius 2 is 1.85 bits per heavy atom. The smallest absolute Gasteiger partial charge is 0.255 e. The van der Waals surface area contributed by atoms with Gasteiger partial charge in [0.25, 0.3) is 5.91 Å². The van der Waals surface area contributed by atoms with E-state index in [0.717, 1.165) is 38.2 Å². The van der Waals surface area contributed by atoms with Gasteiger partial charge in [0.2, 0.25) is 0 Å². The van der Waals surface area contributed by atoms with Crippen molar-refractivity contribution in [2.45, 2.75) is 58.4 Å². The summed E-state index contributed by atoms with van der Waals surface area (Å²) in [6, 6.07) is 3.79. The highest BCUT2D eigenvalue weighted by Gasteiger charge is 2.29. The number of carbonyl (C=O) groups is 1. The van der Waals surface area contributed by atoms with Crippen molar-refractivity contribution in [1.29, 1.82) is 0 Å². The highest BCUT2D eigenvalue weighted by molar-refractivity contribution is 5.93. The molecule has 1 aliphatic carbocycles. The minimum absolute atomic E-state index is 0.123. The Kier molecular flexibility index (Phi) is 4.79. The van der Waals surface area contributed by atoms with Crippen molar-refractivity contribution >= 4 is 5.91 Å². The van der Waals surface area contributed by atoms with Crippen molar-refractivity contribution in [3.05, 3.63) is 47.3 Å². The summed E-state index contributed by atoms with van der Waals surface area (Å²) in [6.45, 7) is 6.88. The fourth-order valence-electron chi connectivity index (χ4n) is 3.95. The number of amides is 1. The second-order valence-corrected chi connectivity index (χ2v) is 7.90. The molecule has 0 radical (unpaired) electrons. The third-order valence-corrected chi connectivity index (χ3v) is 5.85. The minimum atomic E-state index is 0.123. The number of aromatic nitrogens is 3. The molecule has 0 aromatic carbocycles. The van der Waals surface area contributed by atoms with E-state index in [0.29, 0.717) is 17.4 Å². The van der Waals surface area contributed by atoms with Crippen molar-refractivity contribution in [2.75, 3.05) is 13.1 Å². The Hall–Kier alpha value is -2.17. The molecule has 1 saturated heterocycles. The first-order valence-electron chi connectivity index (χ1n) is 9.86. The summed E-state index contributed by atoms with van der Waals surface area (Å²) < 4.78 is 2.42. The first-order valence-corrected chi connectivity index (χ1v) is 9.86. The SMILES string of the molecule is Cc1ccc(C(=O)N2CCC(CCn3c(C)cnc3C3CC3)CC2)cn1. The van der Waals surface area contributed by atoms with Gasteiger partial charge in [-0.15, -0.1) is 0 Å². The van der Waals surface area contributed by atoms with Gasteiger partial charge in [-0.05, 0) is 64.0 Å². The standard InChI is InChI=1S/C21H28N4O/c1-15-3-4-19(14-22-15)21(26)24-10-7-17(8-11-24)9-12-25-16(2)13-23-20(25)18-5-6-18/h3-4,13-14,17-18H,5-12H2,1-2H3. The van der Waals surface area contributed by atoms with Crippen LogP contribution in [0.25, 0.3) is 0 Å². The number of hydrogen-bond donors (Lipinski definition) is 0. The largest absolute Gasteiger partial charge is 0.339 e. The van der Waals surface area contributed by atoms with Crippen molar-refractivity contribution in [3.8, 4) is 0 Å². The first-order chi connectivity index (χ1) is 12.6. The van der Waals surface area contributed by atoms with E-state index < -0.39 is 0 Å². The molecule has 1 amide bonds. The number of rotatable bonds is 5. The van der Waals surface area contributed by atoms with Crippen LogP contribution in [0.5, 0.6) is 0 Å². The molecule has 0 atom stereocenters. The van der Waals surface area contributed by atoms with E-state index >= 15 is 0 Å². The van der Waals surface area contributed by atoms with Gasteiger partial charge < -0.3 is 9.47 Å². The second kappa shape index (κ2) is 7.22. The Morgan fingerprint density at radius 3 is 2.50 bits per heavy atom. The third kappa shape index (κ3) is 3.67. The van der Waals surface area contributed by atoms with E-state index in [1.165, 1.54) is 30.8 Å². The lowest BCUT2D eigenvalue weighted by Crippen LogP contribution is -2.38. The fraction of sp³-hybridized carbons (Fsp3) is 0.571. The van der Waals surface area contributed by atoms with Crippen LogP contribution in [0.2, 0.25) is 0 Å². The molecule has 2 aromatic rings. The van der Waals surface area contributed by atoms with Crippen LogP contribution < -0.4 is 0 Å². The van der Waals surface area contributed by atoms with Crippen molar-refractivity contribution in [1.82, 2.24) is 19.4 Å². The van der Waals surface area contributed by atoms with Crippen molar-refractivity contribution in [3.63, 3.8) is 0 Å². The summed E-state index contributed by atoms with van der Waals surface area (Å²) >= 11 is 0. The highest BCUT2D eigenvalue weighted by Crippen LogP contribution is 2.39. The lowest BCUT2D eigenvalue weighted by atomic mass is 9.93. The summed E-state index contributed by atoms with van der Waals surface area (Å²) in [6.07, 6.45) is 9.69. The molecule has 3 heterocycles. The number of carbonyl (C=O) groups excluding carboxylic acids is 1. The second-order valence-electron chi connectivity index (χ2n) is 7.90. The molecule has 4 rings (SSSR count). The van der Waals surface area contributed by atoms with Gasteiger partial charge >= 0.3 is 0 Å². The molecule has 0 N–H and O–H groups in total. The number of imidazole rings is 1. The Bertz CT molecular complexity index is 768. The molecule has 5 nitrogen and oxygen atoms in total. The van der Waals surface area contributed by atoms with E-state index in [1.807, 2.05) is 30.2 Å². The van der Waals surface area contributed by atoms with Crippen LogP contribution in [-0.2, 0) is 6.54 Å². The maximum Gasteiger partial charge on any atom is 0.255 e. The van der Waals surface area contributed by atoms with E-state index in [-0.39, 0.29) is 5.91 Å². The zero-order valence-corrected chi connectivity index (χ0v) is 15.8. The quantitative estimate of drug-likeness (QED) is 0.824. The van der Waals surface area contributed by atoms with Crippen LogP contribution in [-0.4, -0.2) is 38.4 Å². The molecule has 138 valence electrons. The Morgan fingerprint density at radius 1 is 1.08 bits per heavy atom. The molecule has 2 aromatic heterocycles. The van der Waals surface area contributed by atoms with Gasteiger partial charge in [0.05, 0.1) is 5.56 Å². The summed E-state index contributed by atoms with van der Waals surface area (Å²) in [5.74, 6) is 2.81. The average Bonchev–Trinajstić information content (AvgIpc) is 3.44. The molecular weight excluding hydrogens is 324 g/mol. The van der Waals surface area contributed by atoms with Gasteiger partial charge in [0.15, 0.2) is 0 Å². The van der Waals surface area contributed by atoms with E-state index in [1.54, 1.807) is 6.20 Å². The molecule has 2 fully saturated rings. The number of piperidine rings is 1. The predicted octanol–water partition coefficient (Wildman–Crippen LogP) is 3.71. The van der Waals surface area contributed by atoms with Gasteiger partial charge in [0.1, 0.15) is 5.82 Å². The van der Waals surface area contributed by atoms with Crippen LogP contribution in [0, 0.1) is 19.8 Å². The average molecular weight is 352 g/mol. The summed E-state index contributed by atoms with van der Waals surface area (Å²) in [5.41, 5.74) is 2.93. The Labute approximate surface area is 155 Å². The summed E-state index contributed by atoms with van der Waals surface area (Å²) in [4.78, 5) is 23.5. The Balaban J connectivity index is 1.29. The molecule has 0 bridgehead atoms. The molecule has 0 spiro atoms. The van der Waals surface area contributed by atoms with E-state index in [4.69, 9.17) is 0 Å². The molecule has 1 aliphatic heterocycles. The van der Waals surface area contributed by atoms with Gasteiger partial charge in [-0.1, -0.05) is 0 Å². The number of aryl methyl sites for hydroxylation is 2. The van der Waals surface area contributed by atoms with Crippen LogP contribution in [0.15, 0.2) is 24.5 Å². The number of likely N-dealkylation sites (tertiary alicyclic amines) is 1. The van der Waals surface area contributed by atoms with Gasteiger partial charge in [-0.25, -0.2) is 4.98 Å². The predicted molar refractivity (Wildman–Crippen MR) is 101 cm³/mol. The van der Waals surface area contributed by atoms with Crippen molar-refractivity contribution in [2.24, 2.45) is 5.92 Å². The lowest BCUT2D eigenvalue weighted by Gasteiger charge is -2.32. The molecule has 5 heteroatoms. The highest BCUT2D eigenvalue weighted by atomic mass is 16.2.